The first-order valence-corrected chi connectivity index (χ1v) is 8.66. The molecule has 1 spiro atoms. The number of ether oxygens (including phenoxy) is 1. The quantitative estimate of drug-likeness (QED) is 0.849. The number of rotatable bonds is 5. The van der Waals surface area contributed by atoms with Crippen LogP contribution in [0.5, 0.6) is 0 Å². The van der Waals surface area contributed by atoms with E-state index in [1.165, 1.54) is 31.2 Å². The summed E-state index contributed by atoms with van der Waals surface area (Å²) in [5, 5.41) is 4.65. The monoisotopic (exact) mass is 307 g/mol. The van der Waals surface area contributed by atoms with Crippen LogP contribution < -0.4 is 5.32 Å². The van der Waals surface area contributed by atoms with Crippen LogP contribution in [-0.4, -0.2) is 18.8 Å². The van der Waals surface area contributed by atoms with Crippen molar-refractivity contribution >= 4 is 11.6 Å². The van der Waals surface area contributed by atoms with Gasteiger partial charge in [0.05, 0.1) is 6.10 Å². The fraction of sp³-hybridized carbons (Fsp3) is 0.667. The van der Waals surface area contributed by atoms with Gasteiger partial charge in [-0.15, -0.1) is 0 Å². The summed E-state index contributed by atoms with van der Waals surface area (Å²) >= 11 is 5.98. The molecule has 0 saturated heterocycles. The number of benzene rings is 1. The third-order valence-electron chi connectivity index (χ3n) is 5.51. The van der Waals surface area contributed by atoms with Gasteiger partial charge in [0.25, 0.3) is 0 Å². The molecule has 21 heavy (non-hydrogen) atoms. The van der Waals surface area contributed by atoms with Crippen LogP contribution in [0.1, 0.15) is 57.6 Å². The van der Waals surface area contributed by atoms with Gasteiger partial charge in [0.1, 0.15) is 0 Å². The highest BCUT2D eigenvalue weighted by atomic mass is 35.5. The first-order valence-electron chi connectivity index (χ1n) is 8.29. The van der Waals surface area contributed by atoms with Crippen LogP contribution in [0.2, 0.25) is 5.02 Å². The lowest BCUT2D eigenvalue weighted by atomic mass is 9.60. The molecule has 0 radical (unpaired) electrons. The number of hydrogen-bond acceptors (Lipinski definition) is 2. The fourth-order valence-corrected chi connectivity index (χ4v) is 4.40. The molecular formula is C18H26ClNO. The zero-order valence-electron chi connectivity index (χ0n) is 13.1. The highest BCUT2D eigenvalue weighted by Gasteiger charge is 2.56. The smallest absolute Gasteiger partial charge is 0.0661 e. The minimum absolute atomic E-state index is 0.368. The second-order valence-corrected chi connectivity index (χ2v) is 7.05. The summed E-state index contributed by atoms with van der Waals surface area (Å²) in [5.74, 6) is 0. The minimum atomic E-state index is 0.368. The van der Waals surface area contributed by atoms with Crippen molar-refractivity contribution in [1.29, 1.82) is 0 Å². The molecule has 2 nitrogen and oxygen atoms in total. The summed E-state index contributed by atoms with van der Waals surface area (Å²) in [4.78, 5) is 0. The lowest BCUT2D eigenvalue weighted by Crippen LogP contribution is -2.63. The van der Waals surface area contributed by atoms with Crippen molar-refractivity contribution in [2.75, 3.05) is 6.61 Å². The van der Waals surface area contributed by atoms with Gasteiger partial charge >= 0.3 is 0 Å². The summed E-state index contributed by atoms with van der Waals surface area (Å²) in [6.45, 7) is 5.20. The van der Waals surface area contributed by atoms with Crippen LogP contribution in [-0.2, 0) is 4.74 Å². The molecular weight excluding hydrogens is 282 g/mol. The maximum absolute atomic E-state index is 5.99. The Morgan fingerprint density at radius 3 is 2.57 bits per heavy atom. The van der Waals surface area contributed by atoms with E-state index < -0.39 is 0 Å². The van der Waals surface area contributed by atoms with Gasteiger partial charge in [-0.1, -0.05) is 36.6 Å². The van der Waals surface area contributed by atoms with Crippen molar-refractivity contribution in [3.63, 3.8) is 0 Å². The Hall–Kier alpha value is -0.570. The SMILES string of the molecule is CCOC1CC(NC(C)c2ccc(Cl)cc2)C12CCCC2. The Balaban J connectivity index is 1.66. The Morgan fingerprint density at radius 2 is 1.95 bits per heavy atom. The van der Waals surface area contributed by atoms with Crippen LogP contribution in [0.25, 0.3) is 0 Å². The molecule has 116 valence electrons. The van der Waals surface area contributed by atoms with Gasteiger partial charge in [-0.2, -0.15) is 0 Å². The van der Waals surface area contributed by atoms with E-state index in [0.717, 1.165) is 18.1 Å². The predicted molar refractivity (Wildman–Crippen MR) is 87.7 cm³/mol. The molecule has 0 heterocycles. The summed E-state index contributed by atoms with van der Waals surface area (Å²) in [7, 11) is 0. The average molecular weight is 308 g/mol. The van der Waals surface area contributed by atoms with Gasteiger partial charge in [-0.3, -0.25) is 0 Å². The van der Waals surface area contributed by atoms with E-state index in [-0.39, 0.29) is 0 Å². The molecule has 3 unspecified atom stereocenters. The van der Waals surface area contributed by atoms with Crippen molar-refractivity contribution in [1.82, 2.24) is 5.32 Å². The molecule has 0 bridgehead atoms. The minimum Gasteiger partial charge on any atom is -0.378 e. The summed E-state index contributed by atoms with van der Waals surface area (Å²) in [5.41, 5.74) is 1.71. The Bertz CT molecular complexity index is 467. The van der Waals surface area contributed by atoms with Crippen molar-refractivity contribution in [3.05, 3.63) is 34.9 Å². The van der Waals surface area contributed by atoms with Crippen LogP contribution in [0, 0.1) is 5.41 Å². The van der Waals surface area contributed by atoms with Gasteiger partial charge < -0.3 is 10.1 Å². The van der Waals surface area contributed by atoms with Crippen molar-refractivity contribution in [2.45, 2.75) is 64.1 Å². The first-order chi connectivity index (χ1) is 10.2. The fourth-order valence-electron chi connectivity index (χ4n) is 4.27. The molecule has 0 aromatic heterocycles. The molecule has 1 aromatic rings. The second kappa shape index (κ2) is 6.28. The summed E-state index contributed by atoms with van der Waals surface area (Å²) in [6.07, 6.45) is 6.99. The molecule has 3 rings (SSSR count). The van der Waals surface area contributed by atoms with E-state index in [1.807, 2.05) is 12.1 Å². The molecule has 3 atom stereocenters. The first kappa shape index (κ1) is 15.3. The van der Waals surface area contributed by atoms with E-state index in [4.69, 9.17) is 16.3 Å². The summed E-state index contributed by atoms with van der Waals surface area (Å²) in [6, 6.07) is 9.17. The van der Waals surface area contributed by atoms with Gasteiger partial charge in [0.15, 0.2) is 0 Å². The zero-order chi connectivity index (χ0) is 14.9. The molecule has 0 aliphatic heterocycles. The predicted octanol–water partition coefficient (Wildman–Crippen LogP) is 4.73. The normalized spacial score (nSPS) is 28.5. The number of hydrogen-bond donors (Lipinski definition) is 1. The lowest BCUT2D eigenvalue weighted by molar-refractivity contribution is -0.132. The molecule has 0 amide bonds. The zero-order valence-corrected chi connectivity index (χ0v) is 13.8. The molecule has 1 N–H and O–H groups in total. The van der Waals surface area contributed by atoms with Crippen LogP contribution in [0.4, 0.5) is 0 Å². The summed E-state index contributed by atoms with van der Waals surface area (Å²) < 4.78 is 5.99. The third kappa shape index (κ3) is 2.86. The van der Waals surface area contributed by atoms with Gasteiger partial charge in [-0.25, -0.2) is 0 Å². The lowest BCUT2D eigenvalue weighted by Gasteiger charge is -2.55. The largest absolute Gasteiger partial charge is 0.378 e. The van der Waals surface area contributed by atoms with Crippen LogP contribution >= 0.6 is 11.6 Å². The second-order valence-electron chi connectivity index (χ2n) is 6.61. The number of halogens is 1. The van der Waals surface area contributed by atoms with E-state index in [9.17, 15) is 0 Å². The van der Waals surface area contributed by atoms with Crippen molar-refractivity contribution in [2.24, 2.45) is 5.41 Å². The Labute approximate surface area is 133 Å². The molecule has 2 aliphatic carbocycles. The van der Waals surface area contributed by atoms with Gasteiger partial charge in [0.2, 0.25) is 0 Å². The van der Waals surface area contributed by atoms with Crippen molar-refractivity contribution in [3.8, 4) is 0 Å². The van der Waals surface area contributed by atoms with E-state index >= 15 is 0 Å². The Kier molecular flexibility index (Phi) is 4.58. The maximum Gasteiger partial charge on any atom is 0.0661 e. The van der Waals surface area contributed by atoms with E-state index in [2.05, 4.69) is 31.3 Å². The van der Waals surface area contributed by atoms with Crippen LogP contribution in [0.3, 0.4) is 0 Å². The van der Waals surface area contributed by atoms with Gasteiger partial charge in [-0.05, 0) is 50.8 Å². The van der Waals surface area contributed by atoms with Crippen molar-refractivity contribution < 1.29 is 4.74 Å². The molecule has 3 heteroatoms. The Morgan fingerprint density at radius 1 is 1.29 bits per heavy atom. The van der Waals surface area contributed by atoms with Gasteiger partial charge in [0, 0.05) is 29.1 Å². The van der Waals surface area contributed by atoms with E-state index in [0.29, 0.717) is 23.6 Å². The maximum atomic E-state index is 5.99. The standard InChI is InChI=1S/C18H26ClNO/c1-3-21-17-12-16(18(17)10-4-5-11-18)20-13(2)14-6-8-15(19)9-7-14/h6-9,13,16-17,20H,3-5,10-12H2,1-2H3. The average Bonchev–Trinajstić information content (AvgIpc) is 2.99. The highest BCUT2D eigenvalue weighted by Crippen LogP contribution is 2.55. The molecule has 2 saturated carbocycles. The van der Waals surface area contributed by atoms with Crippen LogP contribution in [0.15, 0.2) is 24.3 Å². The van der Waals surface area contributed by atoms with E-state index in [1.54, 1.807) is 0 Å². The topological polar surface area (TPSA) is 21.3 Å². The third-order valence-corrected chi connectivity index (χ3v) is 5.76. The molecule has 1 aromatic carbocycles. The highest BCUT2D eigenvalue weighted by molar-refractivity contribution is 6.30. The molecule has 2 fully saturated rings. The molecule has 2 aliphatic rings. The number of nitrogens with one attached hydrogen (secondary N) is 1.